The second kappa shape index (κ2) is 16.2. The van der Waals surface area contributed by atoms with E-state index in [4.69, 9.17) is 9.72 Å². The Kier molecular flexibility index (Phi) is 13.4. The Hall–Kier alpha value is -2.56. The number of nitrogens with one attached hydrogen (secondary N) is 2. The molecule has 1 saturated carbocycles. The number of benzene rings is 1. The van der Waals surface area contributed by atoms with Gasteiger partial charge in [0.05, 0.1) is 0 Å². The lowest BCUT2D eigenvalue weighted by molar-refractivity contribution is 0.428. The second-order valence-electron chi connectivity index (χ2n) is 8.56. The number of amidine groups is 1. The number of likely N-dealkylation sites (N-methyl/N-ethyl adjacent to an activating group) is 1. The quantitative estimate of drug-likeness (QED) is 0.0845. The number of hydrogen-bond acceptors (Lipinski definition) is 6. The van der Waals surface area contributed by atoms with E-state index in [1.807, 2.05) is 83.6 Å². The molecular weight excluding hydrogens is 581 g/mol. The van der Waals surface area contributed by atoms with Crippen LogP contribution in [0.2, 0.25) is 0 Å². The lowest BCUT2D eigenvalue weighted by Gasteiger charge is -2.21. The molecule has 0 radical (unpaired) electrons. The molecule has 0 amide bonds. The normalized spacial score (nSPS) is 13.6. The molecule has 0 bridgehead atoms. The van der Waals surface area contributed by atoms with Gasteiger partial charge in [-0.2, -0.15) is 0 Å². The summed E-state index contributed by atoms with van der Waals surface area (Å²) in [6.07, 6.45) is 11.2. The number of ether oxygens (including phenoxy) is 1. The number of hydrogen-bond donors (Lipinski definition) is 3. The highest BCUT2D eigenvalue weighted by atomic mass is 127. The maximum Gasteiger partial charge on any atom is 0.134 e. The Morgan fingerprint density at radius 2 is 1.86 bits per heavy atom. The summed E-state index contributed by atoms with van der Waals surface area (Å²) in [6.45, 7) is 8.56. The van der Waals surface area contributed by atoms with E-state index in [9.17, 15) is 0 Å². The number of aryl methyl sites for hydroxylation is 1. The van der Waals surface area contributed by atoms with Crippen LogP contribution in [-0.2, 0) is 0 Å². The van der Waals surface area contributed by atoms with E-state index in [1.165, 1.54) is 18.2 Å². The zero-order valence-electron chi connectivity index (χ0n) is 21.5. The molecule has 2 aromatic rings. The molecular formula is C28H36IN5OS. The molecule has 6 nitrogen and oxygen atoms in total. The molecule has 1 aliphatic carbocycles. The van der Waals surface area contributed by atoms with Crippen molar-refractivity contribution in [2.75, 3.05) is 31.3 Å². The first-order valence-electron chi connectivity index (χ1n) is 11.8. The zero-order chi connectivity index (χ0) is 26.3. The van der Waals surface area contributed by atoms with Gasteiger partial charge in [0.25, 0.3) is 0 Å². The van der Waals surface area contributed by atoms with Crippen LogP contribution in [0.1, 0.15) is 31.7 Å². The van der Waals surface area contributed by atoms with Gasteiger partial charge in [-0.05, 0) is 110 Å². The number of thiol groups is 1. The van der Waals surface area contributed by atoms with Crippen LogP contribution in [0.4, 0.5) is 11.6 Å². The molecule has 0 unspecified atom stereocenters. The van der Waals surface area contributed by atoms with Gasteiger partial charge < -0.3 is 20.3 Å². The first-order chi connectivity index (χ1) is 17.4. The summed E-state index contributed by atoms with van der Waals surface area (Å²) in [5.74, 6) is 3.54. The number of anilines is 2. The van der Waals surface area contributed by atoms with Crippen LogP contribution in [0.15, 0.2) is 95.5 Å². The summed E-state index contributed by atoms with van der Waals surface area (Å²) in [5.41, 5.74) is 3.72. The molecule has 0 aliphatic heterocycles. The summed E-state index contributed by atoms with van der Waals surface area (Å²) in [5, 5.41) is 6.77. The molecule has 36 heavy (non-hydrogen) atoms. The van der Waals surface area contributed by atoms with Gasteiger partial charge in [-0.25, -0.2) is 9.98 Å². The largest absolute Gasteiger partial charge is 0.462 e. The van der Waals surface area contributed by atoms with Crippen molar-refractivity contribution >= 4 is 48.5 Å². The van der Waals surface area contributed by atoms with Crippen molar-refractivity contribution in [1.29, 1.82) is 0 Å². The molecule has 0 spiro atoms. The van der Waals surface area contributed by atoms with E-state index >= 15 is 0 Å². The van der Waals surface area contributed by atoms with E-state index in [-0.39, 0.29) is 0 Å². The fraction of sp³-hybridized carbons (Fsp3) is 0.286. The molecule has 192 valence electrons. The van der Waals surface area contributed by atoms with E-state index < -0.39 is 0 Å². The first kappa shape index (κ1) is 29.7. The predicted molar refractivity (Wildman–Crippen MR) is 166 cm³/mol. The van der Waals surface area contributed by atoms with Gasteiger partial charge in [0.15, 0.2) is 0 Å². The predicted octanol–water partition coefficient (Wildman–Crippen LogP) is 7.56. The molecule has 1 fully saturated rings. The number of pyridine rings is 1. The molecule has 8 heteroatoms. The standard InChI is InChI=1S/C28H35N5O.HIS/c1-6-29-28(20-22(3)34-24-14-7-11-21(2)19-24)32-27-17-9-16-26(31-27)30-25(23-12-8-13-23)15-10-18-33(4)5;1-2/h6-7,9-11,14-17,19-20H,1,8,12-13,18H2,2-5H3,(H2,29,30,31,32);2H/b15-10+,22-20+;. The smallest absolute Gasteiger partial charge is 0.134 e. The third-order valence-corrected chi connectivity index (χ3v) is 5.20. The average Bonchev–Trinajstić information content (AvgIpc) is 2.79. The highest BCUT2D eigenvalue weighted by molar-refractivity contribution is 14.2. The average molecular weight is 618 g/mol. The molecule has 3 rings (SSSR count). The molecule has 0 atom stereocenters. The Morgan fingerprint density at radius 1 is 1.17 bits per heavy atom. The van der Waals surface area contributed by atoms with Gasteiger partial charge >= 0.3 is 0 Å². The van der Waals surface area contributed by atoms with Crippen LogP contribution in [0.25, 0.3) is 0 Å². The Balaban J connectivity index is 0.00000222. The van der Waals surface area contributed by atoms with Crippen molar-refractivity contribution in [3.8, 4) is 5.75 Å². The maximum atomic E-state index is 5.94. The van der Waals surface area contributed by atoms with Gasteiger partial charge in [0.2, 0.25) is 0 Å². The topological polar surface area (TPSA) is 61.8 Å². The summed E-state index contributed by atoms with van der Waals surface area (Å²) < 4.78 is 5.94. The molecule has 2 N–H and O–H groups in total. The van der Waals surface area contributed by atoms with Crippen LogP contribution in [0.5, 0.6) is 5.75 Å². The summed E-state index contributed by atoms with van der Waals surface area (Å²) in [7, 11) is 7.63. The van der Waals surface area contributed by atoms with Crippen LogP contribution >= 0.6 is 31.0 Å². The number of aliphatic imine (C=N–C) groups is 1. The summed E-state index contributed by atoms with van der Waals surface area (Å²) >= 11 is 1.84. The van der Waals surface area contributed by atoms with Crippen molar-refractivity contribution in [1.82, 2.24) is 9.88 Å². The van der Waals surface area contributed by atoms with Crippen molar-refractivity contribution < 1.29 is 4.74 Å². The molecule has 1 aliphatic rings. The highest BCUT2D eigenvalue weighted by Gasteiger charge is 2.14. The summed E-state index contributed by atoms with van der Waals surface area (Å²) in [6, 6.07) is 13.8. The second-order valence-corrected chi connectivity index (χ2v) is 8.56. The van der Waals surface area contributed by atoms with Crippen molar-refractivity contribution in [3.05, 3.63) is 96.1 Å². The van der Waals surface area contributed by atoms with E-state index in [0.717, 1.165) is 42.2 Å². The molecule has 1 heterocycles. The zero-order valence-corrected chi connectivity index (χ0v) is 24.5. The fourth-order valence-corrected chi connectivity index (χ4v) is 3.39. The van der Waals surface area contributed by atoms with Crippen molar-refractivity contribution in [2.24, 2.45) is 4.99 Å². The summed E-state index contributed by atoms with van der Waals surface area (Å²) in [4.78, 5) is 11.2. The number of rotatable bonds is 10. The minimum absolute atomic E-state index is 0.591. The van der Waals surface area contributed by atoms with Crippen molar-refractivity contribution in [3.63, 3.8) is 0 Å². The third-order valence-electron chi connectivity index (χ3n) is 5.20. The van der Waals surface area contributed by atoms with Crippen LogP contribution < -0.4 is 15.4 Å². The SMILES string of the molecule is C=CN=C(/C=C(\C)Oc1cccc(C)c1)Nc1cccc(NC(/C=C/CN(C)C)=C2CCC2)n1.SI. The van der Waals surface area contributed by atoms with Crippen LogP contribution in [0.3, 0.4) is 0 Å². The molecule has 1 aromatic carbocycles. The monoisotopic (exact) mass is 617 g/mol. The fourth-order valence-electron chi connectivity index (χ4n) is 3.39. The minimum atomic E-state index is 0.591. The van der Waals surface area contributed by atoms with Crippen molar-refractivity contribution in [2.45, 2.75) is 33.1 Å². The minimum Gasteiger partial charge on any atom is -0.462 e. The van der Waals surface area contributed by atoms with Gasteiger partial charge in [0, 0.05) is 24.5 Å². The van der Waals surface area contributed by atoms with Crippen LogP contribution in [-0.4, -0.2) is 36.4 Å². The Labute approximate surface area is 233 Å². The highest BCUT2D eigenvalue weighted by Crippen LogP contribution is 2.30. The van der Waals surface area contributed by atoms with Gasteiger partial charge in [-0.3, -0.25) is 0 Å². The molecule has 1 aromatic heterocycles. The maximum absolute atomic E-state index is 5.94. The Bertz CT molecular complexity index is 1120. The van der Waals surface area contributed by atoms with Gasteiger partial charge in [-0.1, -0.05) is 30.9 Å². The number of nitrogens with zero attached hydrogens (tertiary/aromatic N) is 3. The van der Waals surface area contributed by atoms with Gasteiger partial charge in [-0.15, -0.1) is 9.80 Å². The lowest BCUT2D eigenvalue weighted by atomic mass is 9.90. The number of allylic oxidation sites excluding steroid dienone is 3. The first-order valence-corrected chi connectivity index (χ1v) is 15.0. The number of halogens is 1. The number of aromatic nitrogens is 1. The molecule has 0 saturated heterocycles. The van der Waals surface area contributed by atoms with E-state index in [1.54, 1.807) is 0 Å². The van der Waals surface area contributed by atoms with E-state index in [2.05, 4.69) is 63.2 Å². The third kappa shape index (κ3) is 10.6. The van der Waals surface area contributed by atoms with Gasteiger partial charge in [0.1, 0.15) is 29.0 Å². The lowest BCUT2D eigenvalue weighted by Crippen LogP contribution is -2.14. The Morgan fingerprint density at radius 3 is 2.47 bits per heavy atom. The van der Waals surface area contributed by atoms with Crippen LogP contribution in [0, 0.1) is 6.92 Å². The van der Waals surface area contributed by atoms with E-state index in [0.29, 0.717) is 17.4 Å².